The van der Waals surface area contributed by atoms with Crippen LogP contribution in [0.3, 0.4) is 0 Å². The number of nitrogens with one attached hydrogen (secondary N) is 1. The first-order valence-electron chi connectivity index (χ1n) is 7.07. The summed E-state index contributed by atoms with van der Waals surface area (Å²) in [5.41, 5.74) is 1.69. The third kappa shape index (κ3) is 3.74. The summed E-state index contributed by atoms with van der Waals surface area (Å²) >= 11 is 6.96. The number of hydrogen-bond donors (Lipinski definition) is 1. The predicted molar refractivity (Wildman–Crippen MR) is 94.8 cm³/mol. The van der Waals surface area contributed by atoms with Gasteiger partial charge in [-0.1, -0.05) is 41.6 Å². The van der Waals surface area contributed by atoms with Gasteiger partial charge in [-0.05, 0) is 30.7 Å². The van der Waals surface area contributed by atoms with Crippen LogP contribution < -0.4 is 11.0 Å². The van der Waals surface area contributed by atoms with Crippen LogP contribution in [0.1, 0.15) is 5.56 Å². The Morgan fingerprint density at radius 2 is 2.04 bits per heavy atom. The monoisotopic (exact) mass is 360 g/mol. The number of anilines is 1. The number of para-hydroxylation sites is 1. The van der Waals surface area contributed by atoms with E-state index in [4.69, 9.17) is 11.6 Å². The highest BCUT2D eigenvalue weighted by molar-refractivity contribution is 7.99. The first-order valence-corrected chi connectivity index (χ1v) is 8.43. The van der Waals surface area contributed by atoms with Gasteiger partial charge in [-0.2, -0.15) is 4.98 Å². The standard InChI is InChI=1S/C16H13ClN4O2S/c1-10-4-2-3-5-12(10)18-14(22)9-24-15-19-13-7-6-11(17)8-21(13)16(23)20-15/h2-8H,9H2,1H3,(H,18,22). The van der Waals surface area contributed by atoms with E-state index in [2.05, 4.69) is 15.3 Å². The van der Waals surface area contributed by atoms with Gasteiger partial charge < -0.3 is 5.32 Å². The molecule has 6 nitrogen and oxygen atoms in total. The summed E-state index contributed by atoms with van der Waals surface area (Å²) in [7, 11) is 0. The topological polar surface area (TPSA) is 76.4 Å². The van der Waals surface area contributed by atoms with Gasteiger partial charge in [-0.15, -0.1) is 0 Å². The Morgan fingerprint density at radius 1 is 1.25 bits per heavy atom. The molecule has 2 heterocycles. The van der Waals surface area contributed by atoms with Gasteiger partial charge in [0.2, 0.25) is 5.91 Å². The van der Waals surface area contributed by atoms with Crippen molar-refractivity contribution in [1.82, 2.24) is 14.4 Å². The Morgan fingerprint density at radius 3 is 2.83 bits per heavy atom. The lowest BCUT2D eigenvalue weighted by atomic mass is 10.2. The number of nitrogens with zero attached hydrogens (tertiary/aromatic N) is 3. The number of carbonyl (C=O) groups is 1. The van der Waals surface area contributed by atoms with Crippen LogP contribution in [0.4, 0.5) is 5.69 Å². The Kier molecular flexibility index (Phi) is 4.82. The number of halogens is 1. The van der Waals surface area contributed by atoms with Gasteiger partial charge in [-0.3, -0.25) is 4.79 Å². The normalized spacial score (nSPS) is 10.8. The Labute approximate surface area is 146 Å². The molecule has 0 radical (unpaired) electrons. The zero-order chi connectivity index (χ0) is 17.1. The molecule has 8 heteroatoms. The largest absolute Gasteiger partial charge is 0.355 e. The summed E-state index contributed by atoms with van der Waals surface area (Å²) in [6.45, 7) is 1.92. The van der Waals surface area contributed by atoms with Gasteiger partial charge in [0.25, 0.3) is 0 Å². The number of hydrogen-bond acceptors (Lipinski definition) is 5. The van der Waals surface area contributed by atoms with Crippen molar-refractivity contribution in [2.45, 2.75) is 12.1 Å². The van der Waals surface area contributed by atoms with E-state index in [0.717, 1.165) is 23.0 Å². The number of aryl methyl sites for hydroxylation is 1. The number of amides is 1. The van der Waals surface area contributed by atoms with Crippen molar-refractivity contribution in [3.63, 3.8) is 0 Å². The molecule has 1 aromatic carbocycles. The lowest BCUT2D eigenvalue weighted by Crippen LogP contribution is -2.20. The molecular weight excluding hydrogens is 348 g/mol. The van der Waals surface area contributed by atoms with Crippen LogP contribution in [-0.2, 0) is 4.79 Å². The molecule has 2 aromatic heterocycles. The van der Waals surface area contributed by atoms with Gasteiger partial charge in [0.1, 0.15) is 5.65 Å². The molecule has 1 amide bonds. The SMILES string of the molecule is Cc1ccccc1NC(=O)CSc1nc(=O)n2cc(Cl)ccc2n1. The second-order valence-electron chi connectivity index (χ2n) is 5.02. The van der Waals surface area contributed by atoms with E-state index in [1.54, 1.807) is 12.1 Å². The summed E-state index contributed by atoms with van der Waals surface area (Å²) in [6.07, 6.45) is 1.46. The van der Waals surface area contributed by atoms with Gasteiger partial charge in [0, 0.05) is 11.9 Å². The molecule has 0 aliphatic rings. The van der Waals surface area contributed by atoms with Crippen LogP contribution in [0.2, 0.25) is 5.02 Å². The number of pyridine rings is 1. The molecular formula is C16H13ClN4O2S. The summed E-state index contributed by atoms with van der Waals surface area (Å²) in [4.78, 5) is 32.1. The maximum Gasteiger partial charge on any atom is 0.355 e. The summed E-state index contributed by atoms with van der Waals surface area (Å²) in [5.74, 6) is -0.0773. The van der Waals surface area contributed by atoms with Crippen molar-refractivity contribution in [2.75, 3.05) is 11.1 Å². The molecule has 0 spiro atoms. The zero-order valence-electron chi connectivity index (χ0n) is 12.7. The summed E-state index contributed by atoms with van der Waals surface area (Å²) < 4.78 is 1.26. The maximum atomic E-state index is 12.0. The number of fused-ring (bicyclic) bond motifs is 1. The predicted octanol–water partition coefficient (Wildman–Crippen LogP) is 2.78. The van der Waals surface area contributed by atoms with Crippen LogP contribution in [0.15, 0.2) is 52.5 Å². The number of aromatic nitrogens is 3. The quantitative estimate of drug-likeness (QED) is 0.724. The van der Waals surface area contributed by atoms with E-state index in [0.29, 0.717) is 10.7 Å². The van der Waals surface area contributed by atoms with Crippen LogP contribution in [0, 0.1) is 6.92 Å². The second kappa shape index (κ2) is 7.02. The molecule has 0 atom stereocenters. The maximum absolute atomic E-state index is 12.0. The molecule has 0 aliphatic heterocycles. The number of carbonyl (C=O) groups excluding carboxylic acids is 1. The van der Waals surface area contributed by atoms with Crippen molar-refractivity contribution in [3.8, 4) is 0 Å². The van der Waals surface area contributed by atoms with Crippen LogP contribution in [0.25, 0.3) is 5.65 Å². The van der Waals surface area contributed by atoms with E-state index < -0.39 is 5.69 Å². The zero-order valence-corrected chi connectivity index (χ0v) is 14.3. The number of thioether (sulfide) groups is 1. The Balaban J connectivity index is 1.71. The fourth-order valence-electron chi connectivity index (χ4n) is 2.06. The van der Waals surface area contributed by atoms with Crippen LogP contribution in [-0.4, -0.2) is 26.0 Å². The molecule has 0 saturated heterocycles. The van der Waals surface area contributed by atoms with Crippen molar-refractivity contribution in [1.29, 1.82) is 0 Å². The van der Waals surface area contributed by atoms with Gasteiger partial charge in [-0.25, -0.2) is 14.2 Å². The van der Waals surface area contributed by atoms with Crippen molar-refractivity contribution in [3.05, 3.63) is 63.7 Å². The number of benzene rings is 1. The summed E-state index contributed by atoms with van der Waals surface area (Å²) in [5, 5.41) is 3.50. The van der Waals surface area contributed by atoms with Gasteiger partial charge in [0.15, 0.2) is 5.16 Å². The highest BCUT2D eigenvalue weighted by atomic mass is 35.5. The number of rotatable bonds is 4. The molecule has 24 heavy (non-hydrogen) atoms. The molecule has 3 aromatic rings. The molecule has 0 unspecified atom stereocenters. The van der Waals surface area contributed by atoms with Gasteiger partial charge >= 0.3 is 5.69 Å². The van der Waals surface area contributed by atoms with Crippen molar-refractivity contribution in [2.24, 2.45) is 0 Å². The minimum absolute atomic E-state index is 0.109. The second-order valence-corrected chi connectivity index (χ2v) is 6.39. The third-order valence-corrected chi connectivity index (χ3v) is 4.32. The molecule has 3 rings (SSSR count). The lowest BCUT2D eigenvalue weighted by Gasteiger charge is -2.07. The molecule has 0 saturated carbocycles. The minimum atomic E-state index is -0.482. The summed E-state index contributed by atoms with van der Waals surface area (Å²) in [6, 6.07) is 10.8. The van der Waals surface area contributed by atoms with Crippen molar-refractivity contribution >= 4 is 40.6 Å². The smallest absolute Gasteiger partial charge is 0.325 e. The third-order valence-electron chi connectivity index (χ3n) is 3.25. The first-order chi connectivity index (χ1) is 11.5. The van der Waals surface area contributed by atoms with Gasteiger partial charge in [0.05, 0.1) is 10.8 Å². The lowest BCUT2D eigenvalue weighted by molar-refractivity contribution is -0.113. The molecule has 122 valence electrons. The first kappa shape index (κ1) is 16.5. The fourth-order valence-corrected chi connectivity index (χ4v) is 2.86. The van der Waals surface area contributed by atoms with E-state index in [1.165, 1.54) is 10.6 Å². The molecule has 1 N–H and O–H groups in total. The molecule has 0 fully saturated rings. The molecule has 0 bridgehead atoms. The Bertz CT molecular complexity index is 974. The average molecular weight is 361 g/mol. The highest BCUT2D eigenvalue weighted by Gasteiger charge is 2.09. The molecule has 0 aliphatic carbocycles. The highest BCUT2D eigenvalue weighted by Crippen LogP contribution is 2.16. The van der Waals surface area contributed by atoms with Crippen molar-refractivity contribution < 1.29 is 4.79 Å². The Hall–Kier alpha value is -2.38. The van der Waals surface area contributed by atoms with E-state index in [-0.39, 0.29) is 16.8 Å². The van der Waals surface area contributed by atoms with Crippen LogP contribution in [0.5, 0.6) is 0 Å². The van der Waals surface area contributed by atoms with E-state index in [9.17, 15) is 9.59 Å². The fraction of sp³-hybridized carbons (Fsp3) is 0.125. The van der Waals surface area contributed by atoms with E-state index >= 15 is 0 Å². The average Bonchev–Trinajstić information content (AvgIpc) is 2.56. The van der Waals surface area contributed by atoms with E-state index in [1.807, 2.05) is 31.2 Å². The van der Waals surface area contributed by atoms with Crippen LogP contribution >= 0.6 is 23.4 Å². The minimum Gasteiger partial charge on any atom is -0.325 e.